The van der Waals surface area contributed by atoms with Crippen molar-refractivity contribution in [3.8, 4) is 0 Å². The Kier molecular flexibility index (Phi) is 8.57. The fraction of sp³-hybridized carbons (Fsp3) is 0.360. The summed E-state index contributed by atoms with van der Waals surface area (Å²) in [4.78, 5) is 49.6. The first-order valence-corrected chi connectivity index (χ1v) is 11.0. The molecule has 3 atom stereocenters. The van der Waals surface area contributed by atoms with Crippen LogP contribution in [-0.2, 0) is 36.8 Å². The molecule has 0 bridgehead atoms. The molecule has 1 fully saturated rings. The molecule has 2 aromatic carbocycles. The average molecular weight is 452 g/mol. The summed E-state index contributed by atoms with van der Waals surface area (Å²) in [7, 11) is 1.26. The van der Waals surface area contributed by atoms with E-state index >= 15 is 0 Å². The highest BCUT2D eigenvalue weighted by atomic mass is 16.5. The van der Waals surface area contributed by atoms with Crippen LogP contribution in [0.25, 0.3) is 0 Å². The van der Waals surface area contributed by atoms with Gasteiger partial charge in [-0.25, -0.2) is 4.79 Å². The van der Waals surface area contributed by atoms with E-state index in [2.05, 4.69) is 16.0 Å². The second kappa shape index (κ2) is 11.8. The van der Waals surface area contributed by atoms with E-state index in [0.717, 1.165) is 17.5 Å². The lowest BCUT2D eigenvalue weighted by Crippen LogP contribution is -2.63. The lowest BCUT2D eigenvalue weighted by atomic mass is 10.0. The standard InChI is InChI=1S/C25H29N3O5/c1-33-25(32)19(14-8-13-17-9-4-2-5-10-17)26-22(29)16-21-24(31)27-20(23(30)28-21)15-18-11-6-3-7-12-18/h2-7,9-12,19-21H,8,13-16H2,1H3,(H,26,29)(H,27,31)(H,28,30)/t19-,20-,21-/m0/s1. The second-order valence-corrected chi connectivity index (χ2v) is 8.04. The van der Waals surface area contributed by atoms with Crippen molar-refractivity contribution >= 4 is 23.7 Å². The number of hydrogen-bond donors (Lipinski definition) is 3. The third kappa shape index (κ3) is 7.17. The van der Waals surface area contributed by atoms with Crippen molar-refractivity contribution < 1.29 is 23.9 Å². The molecule has 1 aliphatic heterocycles. The Morgan fingerprint density at radius 2 is 1.48 bits per heavy atom. The van der Waals surface area contributed by atoms with Crippen LogP contribution in [0, 0.1) is 0 Å². The van der Waals surface area contributed by atoms with Crippen LogP contribution in [0.2, 0.25) is 0 Å². The first-order valence-electron chi connectivity index (χ1n) is 11.0. The van der Waals surface area contributed by atoms with Gasteiger partial charge < -0.3 is 20.7 Å². The molecule has 0 spiro atoms. The number of rotatable bonds is 10. The van der Waals surface area contributed by atoms with Crippen LogP contribution in [0.4, 0.5) is 0 Å². The van der Waals surface area contributed by atoms with Crippen molar-refractivity contribution in [2.45, 2.75) is 50.2 Å². The summed E-state index contributed by atoms with van der Waals surface area (Å²) in [5.74, 6) is -1.82. The maximum Gasteiger partial charge on any atom is 0.328 e. The van der Waals surface area contributed by atoms with Gasteiger partial charge in [-0.15, -0.1) is 0 Å². The summed E-state index contributed by atoms with van der Waals surface area (Å²) < 4.78 is 4.81. The summed E-state index contributed by atoms with van der Waals surface area (Å²) in [6.45, 7) is 0. The van der Waals surface area contributed by atoms with Gasteiger partial charge in [0.2, 0.25) is 17.7 Å². The van der Waals surface area contributed by atoms with Gasteiger partial charge in [0, 0.05) is 6.42 Å². The quantitative estimate of drug-likeness (QED) is 0.471. The first-order chi connectivity index (χ1) is 16.0. The molecule has 3 rings (SSSR count). The van der Waals surface area contributed by atoms with Gasteiger partial charge in [-0.05, 0) is 30.4 Å². The Morgan fingerprint density at radius 3 is 2.12 bits per heavy atom. The Morgan fingerprint density at radius 1 is 0.909 bits per heavy atom. The Hall–Kier alpha value is -3.68. The van der Waals surface area contributed by atoms with Gasteiger partial charge in [-0.2, -0.15) is 0 Å². The number of piperazine rings is 1. The van der Waals surface area contributed by atoms with Gasteiger partial charge in [-0.1, -0.05) is 60.7 Å². The molecule has 0 unspecified atom stereocenters. The van der Waals surface area contributed by atoms with Crippen LogP contribution in [0.5, 0.6) is 0 Å². The van der Waals surface area contributed by atoms with E-state index < -0.39 is 35.9 Å². The van der Waals surface area contributed by atoms with E-state index in [9.17, 15) is 19.2 Å². The van der Waals surface area contributed by atoms with Gasteiger partial charge in [0.25, 0.3) is 0 Å². The topological polar surface area (TPSA) is 114 Å². The van der Waals surface area contributed by atoms with Gasteiger partial charge in [-0.3, -0.25) is 14.4 Å². The molecule has 1 heterocycles. The third-order valence-electron chi connectivity index (χ3n) is 5.56. The van der Waals surface area contributed by atoms with Gasteiger partial charge >= 0.3 is 5.97 Å². The predicted molar refractivity (Wildman–Crippen MR) is 122 cm³/mol. The van der Waals surface area contributed by atoms with Crippen molar-refractivity contribution in [2.24, 2.45) is 0 Å². The van der Waals surface area contributed by atoms with E-state index in [1.54, 1.807) is 0 Å². The van der Waals surface area contributed by atoms with Gasteiger partial charge in [0.1, 0.15) is 18.1 Å². The van der Waals surface area contributed by atoms with Crippen molar-refractivity contribution in [1.29, 1.82) is 0 Å². The van der Waals surface area contributed by atoms with Crippen LogP contribution < -0.4 is 16.0 Å². The summed E-state index contributed by atoms with van der Waals surface area (Å²) in [5, 5.41) is 7.95. The van der Waals surface area contributed by atoms with Crippen LogP contribution in [-0.4, -0.2) is 48.9 Å². The summed E-state index contributed by atoms with van der Waals surface area (Å²) >= 11 is 0. The van der Waals surface area contributed by atoms with E-state index in [1.165, 1.54) is 7.11 Å². The average Bonchev–Trinajstić information content (AvgIpc) is 2.82. The zero-order chi connectivity index (χ0) is 23.6. The van der Waals surface area contributed by atoms with Crippen LogP contribution in [0.15, 0.2) is 60.7 Å². The maximum absolute atomic E-state index is 12.5. The monoisotopic (exact) mass is 451 g/mol. The molecular formula is C25H29N3O5. The SMILES string of the molecule is COC(=O)[C@H](CCCc1ccccc1)NC(=O)C[C@@H]1NC(=O)[C@H](Cc2ccccc2)NC1=O. The minimum absolute atomic E-state index is 0.262. The maximum atomic E-state index is 12.5. The van der Waals surface area contributed by atoms with E-state index in [1.807, 2.05) is 60.7 Å². The molecular weight excluding hydrogens is 422 g/mol. The molecule has 0 radical (unpaired) electrons. The van der Waals surface area contributed by atoms with Crippen LogP contribution in [0.3, 0.4) is 0 Å². The fourth-order valence-corrected chi connectivity index (χ4v) is 3.80. The summed E-state index contributed by atoms with van der Waals surface area (Å²) in [5.41, 5.74) is 2.06. The van der Waals surface area contributed by atoms with Crippen molar-refractivity contribution in [3.05, 3.63) is 71.8 Å². The molecule has 3 N–H and O–H groups in total. The number of nitrogens with one attached hydrogen (secondary N) is 3. The Balaban J connectivity index is 1.50. The van der Waals surface area contributed by atoms with Gasteiger partial charge in [0.15, 0.2) is 0 Å². The zero-order valence-corrected chi connectivity index (χ0v) is 18.6. The molecule has 0 aliphatic carbocycles. The molecule has 3 amide bonds. The highest BCUT2D eigenvalue weighted by Gasteiger charge is 2.35. The van der Waals surface area contributed by atoms with E-state index in [4.69, 9.17) is 4.74 Å². The number of hydrogen-bond acceptors (Lipinski definition) is 5. The lowest BCUT2D eigenvalue weighted by molar-refractivity contribution is -0.145. The Bertz CT molecular complexity index is 965. The molecule has 1 aliphatic rings. The van der Waals surface area contributed by atoms with E-state index in [0.29, 0.717) is 19.3 Å². The number of benzene rings is 2. The Labute approximate surface area is 193 Å². The minimum Gasteiger partial charge on any atom is -0.467 e. The number of carbonyl (C=O) groups is 4. The smallest absolute Gasteiger partial charge is 0.328 e. The summed E-state index contributed by atoms with van der Waals surface area (Å²) in [6.07, 6.45) is 1.93. The minimum atomic E-state index is -0.993. The van der Waals surface area contributed by atoms with Crippen molar-refractivity contribution in [1.82, 2.24) is 16.0 Å². The number of aryl methyl sites for hydroxylation is 1. The molecule has 1 saturated heterocycles. The van der Waals surface area contributed by atoms with E-state index in [-0.39, 0.29) is 12.3 Å². The van der Waals surface area contributed by atoms with Crippen molar-refractivity contribution in [3.63, 3.8) is 0 Å². The number of carbonyl (C=O) groups excluding carboxylic acids is 4. The molecule has 33 heavy (non-hydrogen) atoms. The fourth-order valence-electron chi connectivity index (χ4n) is 3.80. The third-order valence-corrected chi connectivity index (χ3v) is 5.56. The molecule has 8 heteroatoms. The molecule has 8 nitrogen and oxygen atoms in total. The van der Waals surface area contributed by atoms with Gasteiger partial charge in [0.05, 0.1) is 13.5 Å². The largest absolute Gasteiger partial charge is 0.467 e. The lowest BCUT2D eigenvalue weighted by Gasteiger charge is -2.29. The normalized spacial score (nSPS) is 18.6. The van der Waals surface area contributed by atoms with Crippen LogP contribution in [0.1, 0.15) is 30.4 Å². The predicted octanol–water partition coefficient (Wildman–Crippen LogP) is 1.28. The number of methoxy groups -OCH3 is 1. The summed E-state index contributed by atoms with van der Waals surface area (Å²) in [6, 6.07) is 16.7. The number of ether oxygens (including phenoxy) is 1. The van der Waals surface area contributed by atoms with Crippen LogP contribution >= 0.6 is 0 Å². The molecule has 0 aromatic heterocycles. The highest BCUT2D eigenvalue weighted by molar-refractivity contribution is 5.99. The van der Waals surface area contributed by atoms with Crippen molar-refractivity contribution in [2.75, 3.05) is 7.11 Å². The number of amides is 3. The zero-order valence-electron chi connectivity index (χ0n) is 18.6. The highest BCUT2D eigenvalue weighted by Crippen LogP contribution is 2.10. The molecule has 174 valence electrons. The number of esters is 1. The molecule has 0 saturated carbocycles. The molecule has 2 aromatic rings. The second-order valence-electron chi connectivity index (χ2n) is 8.04. The first kappa shape index (κ1) is 24.0.